The van der Waals surface area contributed by atoms with Crippen molar-refractivity contribution >= 4 is 62.3 Å². The second kappa shape index (κ2) is 17.9. The topological polar surface area (TPSA) is 114 Å². The summed E-state index contributed by atoms with van der Waals surface area (Å²) in [4.78, 5) is 30.0. The van der Waals surface area contributed by atoms with Crippen molar-refractivity contribution in [2.75, 3.05) is 38.7 Å². The highest BCUT2D eigenvalue weighted by molar-refractivity contribution is 7.92. The van der Waals surface area contributed by atoms with Crippen LogP contribution >= 0.6 is 34.8 Å². The van der Waals surface area contributed by atoms with Crippen molar-refractivity contribution in [3.63, 3.8) is 0 Å². The number of nitrogens with one attached hydrogen (secondary N) is 1. The number of benzene rings is 4. The molecule has 4 aromatic rings. The van der Waals surface area contributed by atoms with Crippen LogP contribution in [0.15, 0.2) is 89.8 Å². The lowest BCUT2D eigenvalue weighted by Gasteiger charge is -2.34. The van der Waals surface area contributed by atoms with E-state index in [2.05, 4.69) is 5.32 Å². The van der Waals surface area contributed by atoms with Gasteiger partial charge < -0.3 is 24.4 Å². The van der Waals surface area contributed by atoms with E-state index in [0.29, 0.717) is 22.9 Å². The largest absolute Gasteiger partial charge is 0.495 e. The summed E-state index contributed by atoms with van der Waals surface area (Å²) in [6, 6.07) is 21.5. The summed E-state index contributed by atoms with van der Waals surface area (Å²) in [6.07, 6.45) is 0.130. The number of ether oxygens (including phenoxy) is 3. The second-order valence-corrected chi connectivity index (χ2v) is 15.1. The molecule has 0 radical (unpaired) electrons. The first-order valence-corrected chi connectivity index (χ1v) is 18.5. The van der Waals surface area contributed by atoms with Crippen LogP contribution in [0.4, 0.5) is 5.69 Å². The van der Waals surface area contributed by atoms with Crippen LogP contribution in [0.2, 0.25) is 15.1 Å². The summed E-state index contributed by atoms with van der Waals surface area (Å²) >= 11 is 19.2. The fourth-order valence-corrected chi connectivity index (χ4v) is 7.35. The molecule has 1 N–H and O–H groups in total. The van der Waals surface area contributed by atoms with Crippen LogP contribution in [-0.2, 0) is 32.6 Å². The van der Waals surface area contributed by atoms with Crippen molar-refractivity contribution in [3.8, 4) is 17.2 Å². The van der Waals surface area contributed by atoms with Crippen LogP contribution in [-0.4, -0.2) is 65.6 Å². The van der Waals surface area contributed by atoms with Gasteiger partial charge in [0.2, 0.25) is 11.8 Å². The summed E-state index contributed by atoms with van der Waals surface area (Å²) in [7, 11) is -0.350. The maximum absolute atomic E-state index is 14.8. The van der Waals surface area contributed by atoms with Gasteiger partial charge >= 0.3 is 0 Å². The predicted molar refractivity (Wildman–Crippen MR) is 201 cm³/mol. The highest BCUT2D eigenvalue weighted by Gasteiger charge is 2.36. The Kier molecular flexibility index (Phi) is 13.9. The number of methoxy groups -OCH3 is 3. The molecule has 14 heteroatoms. The SMILES string of the molecule is COc1ccc(S(=O)(=O)N(CC(=O)N(Cc2ccc(Cl)cc2Cl)C(Cc2ccccc2)C(=O)NCC(C)C)c2cc(Cl)ccc2OC)cc1OC. The lowest BCUT2D eigenvalue weighted by molar-refractivity contribution is -0.140. The molecule has 272 valence electrons. The minimum atomic E-state index is -4.53. The molecule has 0 aliphatic heterocycles. The number of hydrogen-bond donors (Lipinski definition) is 1. The molecule has 0 aliphatic rings. The Bertz CT molecular complexity index is 1950. The normalized spacial score (nSPS) is 11.9. The average Bonchev–Trinajstić information content (AvgIpc) is 3.11. The molecule has 51 heavy (non-hydrogen) atoms. The van der Waals surface area contributed by atoms with E-state index in [4.69, 9.17) is 49.0 Å². The lowest BCUT2D eigenvalue weighted by atomic mass is 10.0. The summed E-state index contributed by atoms with van der Waals surface area (Å²) < 4.78 is 46.4. The fourth-order valence-electron chi connectivity index (χ4n) is 5.29. The van der Waals surface area contributed by atoms with Gasteiger partial charge in [0.05, 0.1) is 31.9 Å². The zero-order valence-corrected chi connectivity index (χ0v) is 31.9. The Morgan fingerprint density at radius 2 is 1.41 bits per heavy atom. The number of nitrogens with zero attached hydrogens (tertiary/aromatic N) is 2. The van der Waals surface area contributed by atoms with Gasteiger partial charge in [-0.1, -0.05) is 85.0 Å². The van der Waals surface area contributed by atoms with E-state index in [-0.39, 0.29) is 51.0 Å². The minimum Gasteiger partial charge on any atom is -0.495 e. The zero-order chi connectivity index (χ0) is 37.3. The van der Waals surface area contributed by atoms with Gasteiger partial charge in [0.15, 0.2) is 11.5 Å². The number of carbonyl (C=O) groups excluding carboxylic acids is 2. The number of carbonyl (C=O) groups is 2. The third kappa shape index (κ3) is 10.0. The zero-order valence-electron chi connectivity index (χ0n) is 28.9. The van der Waals surface area contributed by atoms with E-state index in [0.717, 1.165) is 9.87 Å². The maximum atomic E-state index is 14.8. The Labute approximate surface area is 314 Å². The van der Waals surface area contributed by atoms with Crippen molar-refractivity contribution in [1.29, 1.82) is 0 Å². The molecule has 0 saturated carbocycles. The fraction of sp³-hybridized carbons (Fsp3) is 0.297. The van der Waals surface area contributed by atoms with Gasteiger partial charge in [-0.2, -0.15) is 0 Å². The van der Waals surface area contributed by atoms with Crippen LogP contribution in [0.25, 0.3) is 0 Å². The van der Waals surface area contributed by atoms with E-state index in [1.807, 2.05) is 44.2 Å². The summed E-state index contributed by atoms with van der Waals surface area (Å²) in [6.45, 7) is 3.38. The van der Waals surface area contributed by atoms with Gasteiger partial charge in [0.25, 0.3) is 10.0 Å². The summed E-state index contributed by atoms with van der Waals surface area (Å²) in [5.74, 6) is -0.390. The summed E-state index contributed by atoms with van der Waals surface area (Å²) in [5, 5.41) is 3.81. The Morgan fingerprint density at radius 3 is 2.04 bits per heavy atom. The highest BCUT2D eigenvalue weighted by Crippen LogP contribution is 2.37. The van der Waals surface area contributed by atoms with Gasteiger partial charge in [0.1, 0.15) is 18.3 Å². The van der Waals surface area contributed by atoms with Crippen molar-refractivity contribution in [1.82, 2.24) is 10.2 Å². The van der Waals surface area contributed by atoms with Crippen molar-refractivity contribution in [2.24, 2.45) is 5.92 Å². The molecule has 2 amide bonds. The Morgan fingerprint density at radius 1 is 0.784 bits per heavy atom. The van der Waals surface area contributed by atoms with Crippen molar-refractivity contribution < 1.29 is 32.2 Å². The molecule has 0 heterocycles. The van der Waals surface area contributed by atoms with Gasteiger partial charge in [-0.15, -0.1) is 0 Å². The van der Waals surface area contributed by atoms with E-state index in [1.54, 1.807) is 12.1 Å². The Balaban J connectivity index is 1.90. The molecule has 0 aromatic heterocycles. The van der Waals surface area contributed by atoms with Gasteiger partial charge in [0, 0.05) is 40.6 Å². The van der Waals surface area contributed by atoms with Crippen LogP contribution in [0, 0.1) is 5.92 Å². The van der Waals surface area contributed by atoms with Crippen LogP contribution in [0.3, 0.4) is 0 Å². The molecule has 0 saturated heterocycles. The third-order valence-electron chi connectivity index (χ3n) is 7.94. The maximum Gasteiger partial charge on any atom is 0.265 e. The molecular weight excluding hydrogens is 737 g/mol. The number of halogens is 3. The minimum absolute atomic E-state index is 0.00137. The van der Waals surface area contributed by atoms with Gasteiger partial charge in [-0.05, 0) is 59.5 Å². The highest BCUT2D eigenvalue weighted by atomic mass is 35.5. The Hall–Kier alpha value is -4.16. The smallest absolute Gasteiger partial charge is 0.265 e. The number of sulfonamides is 1. The molecule has 1 unspecified atom stereocenters. The number of anilines is 1. The van der Waals surface area contributed by atoms with Crippen molar-refractivity contribution in [3.05, 3.63) is 111 Å². The first-order chi connectivity index (χ1) is 24.3. The predicted octanol–water partition coefficient (Wildman–Crippen LogP) is 7.28. The molecule has 4 rings (SSSR count). The standard InChI is InChI=1S/C37H40Cl3N3O7S/c1-24(2)21-41-37(45)32(17-25-9-7-6-8-10-25)42(22-26-11-12-27(38)18-30(26)40)36(44)23-43(31-19-28(39)13-15-33(31)48-3)51(46,47)29-14-16-34(49-4)35(20-29)50-5/h6-16,18-20,24,32H,17,21-23H2,1-5H3,(H,41,45). The van der Waals surface area contributed by atoms with E-state index in [9.17, 15) is 18.0 Å². The summed E-state index contributed by atoms with van der Waals surface area (Å²) in [5.41, 5.74) is 1.29. The van der Waals surface area contributed by atoms with Crippen molar-refractivity contribution in [2.45, 2.75) is 37.8 Å². The monoisotopic (exact) mass is 775 g/mol. The molecule has 0 aliphatic carbocycles. The first kappa shape index (κ1) is 39.6. The first-order valence-electron chi connectivity index (χ1n) is 15.9. The number of hydrogen-bond acceptors (Lipinski definition) is 7. The van der Waals surface area contributed by atoms with E-state index >= 15 is 0 Å². The number of rotatable bonds is 16. The molecule has 10 nitrogen and oxygen atoms in total. The molecule has 4 aromatic carbocycles. The molecular formula is C37H40Cl3N3O7S. The van der Waals surface area contributed by atoms with E-state index < -0.39 is 34.4 Å². The third-order valence-corrected chi connectivity index (χ3v) is 10.5. The molecule has 0 fully saturated rings. The average molecular weight is 777 g/mol. The molecule has 0 bridgehead atoms. The molecule has 0 spiro atoms. The lowest BCUT2D eigenvalue weighted by Crippen LogP contribution is -2.53. The van der Waals surface area contributed by atoms with E-state index in [1.165, 1.54) is 68.7 Å². The van der Waals surface area contributed by atoms with Gasteiger partial charge in [-0.25, -0.2) is 8.42 Å². The number of amides is 2. The van der Waals surface area contributed by atoms with Crippen LogP contribution in [0.1, 0.15) is 25.0 Å². The van der Waals surface area contributed by atoms with Gasteiger partial charge in [-0.3, -0.25) is 13.9 Å². The van der Waals surface area contributed by atoms with Crippen LogP contribution in [0.5, 0.6) is 17.2 Å². The second-order valence-electron chi connectivity index (χ2n) is 11.9. The quantitative estimate of drug-likeness (QED) is 0.127. The molecule has 1 atom stereocenters. The van der Waals surface area contributed by atoms with Crippen LogP contribution < -0.4 is 23.8 Å².